The number of unbranched alkanes of at least 4 members (excludes halogenated alkanes) is 1. The highest BCUT2D eigenvalue weighted by atomic mass is 32.1. The summed E-state index contributed by atoms with van der Waals surface area (Å²) in [7, 11) is 0. The van der Waals surface area contributed by atoms with Crippen molar-refractivity contribution in [1.82, 2.24) is 9.55 Å². The third-order valence-electron chi connectivity index (χ3n) is 4.85. The molecule has 0 unspecified atom stereocenters. The smallest absolute Gasteiger partial charge is 0.335 e. The molecule has 0 radical (unpaired) electrons. The normalized spacial score (nSPS) is 11.6. The number of carboxylic acids is 1. The van der Waals surface area contributed by atoms with Gasteiger partial charge in [0.1, 0.15) is 5.82 Å². The molecule has 0 spiro atoms. The molecule has 30 heavy (non-hydrogen) atoms. The second-order valence-corrected chi connectivity index (χ2v) is 8.11. The van der Waals surface area contributed by atoms with Gasteiger partial charge in [-0.1, -0.05) is 31.5 Å². The first kappa shape index (κ1) is 21.5. The minimum atomic E-state index is -0.948. The first-order valence-corrected chi connectivity index (χ1v) is 10.7. The van der Waals surface area contributed by atoms with E-state index >= 15 is 0 Å². The van der Waals surface area contributed by atoms with Gasteiger partial charge in [0.15, 0.2) is 0 Å². The zero-order valence-electron chi connectivity index (χ0n) is 16.9. The van der Waals surface area contributed by atoms with Crippen LogP contribution in [0.1, 0.15) is 52.1 Å². The lowest BCUT2D eigenvalue weighted by molar-refractivity contribution is -0.114. The van der Waals surface area contributed by atoms with Crippen molar-refractivity contribution >= 4 is 29.3 Å². The standard InChI is InChI=1S/C23H25N3O3S/c1-2-3-6-21-25-14-19(12-18(22(24)27)13-20-5-4-11-30-20)26(21)15-16-7-9-17(10-8-16)23(28)29/h4-5,7-12,14H,2-3,6,13,15H2,1H3,(H2,24,27)(H,28,29)/b18-12+. The lowest BCUT2D eigenvalue weighted by Crippen LogP contribution is -2.16. The number of hydrogen-bond donors (Lipinski definition) is 2. The van der Waals surface area contributed by atoms with Crippen molar-refractivity contribution in [1.29, 1.82) is 0 Å². The van der Waals surface area contributed by atoms with Crippen LogP contribution < -0.4 is 5.73 Å². The molecule has 156 valence electrons. The lowest BCUT2D eigenvalue weighted by Gasteiger charge is -2.12. The summed E-state index contributed by atoms with van der Waals surface area (Å²) in [6, 6.07) is 10.7. The highest BCUT2D eigenvalue weighted by Crippen LogP contribution is 2.19. The quantitative estimate of drug-likeness (QED) is 0.479. The van der Waals surface area contributed by atoms with E-state index in [0.717, 1.165) is 41.2 Å². The van der Waals surface area contributed by atoms with Gasteiger partial charge >= 0.3 is 5.97 Å². The monoisotopic (exact) mass is 423 g/mol. The van der Waals surface area contributed by atoms with Crippen molar-refractivity contribution in [2.75, 3.05) is 0 Å². The van der Waals surface area contributed by atoms with Gasteiger partial charge in [0.25, 0.3) is 0 Å². The van der Waals surface area contributed by atoms with E-state index in [-0.39, 0.29) is 5.56 Å². The summed E-state index contributed by atoms with van der Waals surface area (Å²) in [6.07, 6.45) is 6.96. The number of aromatic carboxylic acids is 1. The van der Waals surface area contributed by atoms with E-state index in [4.69, 9.17) is 10.8 Å². The van der Waals surface area contributed by atoms with Crippen LogP contribution >= 0.6 is 11.3 Å². The molecule has 0 saturated heterocycles. The second kappa shape index (κ2) is 10.0. The van der Waals surface area contributed by atoms with Crippen LogP contribution in [-0.2, 0) is 24.2 Å². The summed E-state index contributed by atoms with van der Waals surface area (Å²) in [5.74, 6) is -0.460. The molecule has 0 saturated carbocycles. The average molecular weight is 424 g/mol. The molecule has 0 fully saturated rings. The van der Waals surface area contributed by atoms with E-state index in [9.17, 15) is 9.59 Å². The van der Waals surface area contributed by atoms with Crippen molar-refractivity contribution in [2.24, 2.45) is 5.73 Å². The summed E-state index contributed by atoms with van der Waals surface area (Å²) < 4.78 is 2.07. The SMILES string of the molecule is CCCCc1ncc(/C=C(\Cc2cccs2)C(N)=O)n1Cc1ccc(C(=O)O)cc1. The highest BCUT2D eigenvalue weighted by molar-refractivity contribution is 7.09. The fraction of sp³-hybridized carbons (Fsp3) is 0.261. The number of rotatable bonds is 10. The number of nitrogens with two attached hydrogens (primary N) is 1. The third kappa shape index (κ3) is 5.45. The maximum atomic E-state index is 12.1. The van der Waals surface area contributed by atoms with Gasteiger partial charge in [-0.05, 0) is 41.6 Å². The van der Waals surface area contributed by atoms with Crippen LogP contribution in [0.3, 0.4) is 0 Å². The molecule has 7 heteroatoms. The van der Waals surface area contributed by atoms with Gasteiger partial charge in [0.2, 0.25) is 5.91 Å². The Kier molecular flexibility index (Phi) is 7.19. The van der Waals surface area contributed by atoms with Gasteiger partial charge in [0.05, 0.1) is 17.5 Å². The van der Waals surface area contributed by atoms with Gasteiger partial charge in [-0.3, -0.25) is 4.79 Å². The molecule has 2 aromatic heterocycles. The van der Waals surface area contributed by atoms with Crippen molar-refractivity contribution in [2.45, 2.75) is 39.2 Å². The number of aromatic nitrogens is 2. The zero-order chi connectivity index (χ0) is 21.5. The minimum absolute atomic E-state index is 0.252. The molecule has 3 aromatic rings. The van der Waals surface area contributed by atoms with Crippen molar-refractivity contribution in [3.05, 3.63) is 81.1 Å². The lowest BCUT2D eigenvalue weighted by atomic mass is 10.1. The van der Waals surface area contributed by atoms with Crippen molar-refractivity contribution in [3.63, 3.8) is 0 Å². The van der Waals surface area contributed by atoms with E-state index < -0.39 is 11.9 Å². The molecule has 3 N–H and O–H groups in total. The van der Waals surface area contributed by atoms with Crippen LogP contribution in [0.4, 0.5) is 0 Å². The predicted molar refractivity (Wildman–Crippen MR) is 119 cm³/mol. The number of aryl methyl sites for hydroxylation is 1. The Balaban J connectivity index is 1.94. The molecule has 0 aliphatic carbocycles. The Bertz CT molecular complexity index is 1030. The summed E-state index contributed by atoms with van der Waals surface area (Å²) in [4.78, 5) is 28.8. The van der Waals surface area contributed by atoms with E-state index in [1.807, 2.05) is 23.6 Å². The Hall–Kier alpha value is -3.19. The van der Waals surface area contributed by atoms with Gasteiger partial charge in [0, 0.05) is 29.8 Å². The molecule has 0 atom stereocenters. The third-order valence-corrected chi connectivity index (χ3v) is 5.72. The Morgan fingerprint density at radius 3 is 2.60 bits per heavy atom. The van der Waals surface area contributed by atoms with E-state index in [1.54, 1.807) is 41.8 Å². The second-order valence-electron chi connectivity index (χ2n) is 7.08. The molecule has 2 heterocycles. The number of benzene rings is 1. The summed E-state index contributed by atoms with van der Waals surface area (Å²) in [6.45, 7) is 2.67. The van der Waals surface area contributed by atoms with E-state index in [1.165, 1.54) is 0 Å². The topological polar surface area (TPSA) is 98.2 Å². The molecular formula is C23H25N3O3S. The van der Waals surface area contributed by atoms with Crippen LogP contribution in [0.2, 0.25) is 0 Å². The Labute approximate surface area is 179 Å². The average Bonchev–Trinajstić information content (AvgIpc) is 3.37. The minimum Gasteiger partial charge on any atom is -0.478 e. The fourth-order valence-electron chi connectivity index (χ4n) is 3.19. The molecule has 0 aliphatic rings. The van der Waals surface area contributed by atoms with E-state index in [2.05, 4.69) is 16.5 Å². The first-order valence-electron chi connectivity index (χ1n) is 9.87. The van der Waals surface area contributed by atoms with Crippen molar-refractivity contribution < 1.29 is 14.7 Å². The largest absolute Gasteiger partial charge is 0.478 e. The number of primary amides is 1. The number of amides is 1. The number of carbonyl (C=O) groups excluding carboxylic acids is 1. The fourth-order valence-corrected chi connectivity index (χ4v) is 3.91. The number of carboxylic acid groups (broad SMARTS) is 1. The first-order chi connectivity index (χ1) is 14.5. The molecule has 0 aliphatic heterocycles. The molecule has 0 bridgehead atoms. The van der Waals surface area contributed by atoms with Crippen LogP contribution in [0.15, 0.2) is 53.5 Å². The predicted octanol–water partition coefficient (Wildman–Crippen LogP) is 4.15. The van der Waals surface area contributed by atoms with Crippen LogP contribution in [0, 0.1) is 0 Å². The van der Waals surface area contributed by atoms with E-state index in [0.29, 0.717) is 18.5 Å². The van der Waals surface area contributed by atoms with Gasteiger partial charge < -0.3 is 15.4 Å². The summed E-state index contributed by atoms with van der Waals surface area (Å²) in [5.41, 5.74) is 8.21. The molecule has 1 aromatic carbocycles. The number of imidazole rings is 1. The number of thiophene rings is 1. The number of hydrogen-bond acceptors (Lipinski definition) is 4. The van der Waals surface area contributed by atoms with Crippen LogP contribution in [0.25, 0.3) is 6.08 Å². The van der Waals surface area contributed by atoms with Gasteiger partial charge in [-0.15, -0.1) is 11.3 Å². The van der Waals surface area contributed by atoms with Gasteiger partial charge in [-0.2, -0.15) is 0 Å². The highest BCUT2D eigenvalue weighted by Gasteiger charge is 2.13. The number of carbonyl (C=O) groups is 2. The molecular weight excluding hydrogens is 398 g/mol. The maximum absolute atomic E-state index is 12.1. The number of nitrogens with zero attached hydrogens (tertiary/aromatic N) is 2. The summed E-state index contributed by atoms with van der Waals surface area (Å²) >= 11 is 1.59. The van der Waals surface area contributed by atoms with Gasteiger partial charge in [-0.25, -0.2) is 9.78 Å². The van der Waals surface area contributed by atoms with Crippen LogP contribution in [-0.4, -0.2) is 26.5 Å². The molecule has 6 nitrogen and oxygen atoms in total. The Morgan fingerprint density at radius 1 is 1.23 bits per heavy atom. The molecule has 3 rings (SSSR count). The zero-order valence-corrected chi connectivity index (χ0v) is 17.7. The van der Waals surface area contributed by atoms with Crippen molar-refractivity contribution in [3.8, 4) is 0 Å². The Morgan fingerprint density at radius 2 is 2.00 bits per heavy atom. The molecule has 1 amide bonds. The summed E-state index contributed by atoms with van der Waals surface area (Å²) in [5, 5.41) is 11.1. The maximum Gasteiger partial charge on any atom is 0.335 e. The van der Waals surface area contributed by atoms with Crippen LogP contribution in [0.5, 0.6) is 0 Å².